The van der Waals surface area contributed by atoms with Crippen LogP contribution in [0.5, 0.6) is 0 Å². The van der Waals surface area contributed by atoms with Gasteiger partial charge in [-0.05, 0) is 13.1 Å². The van der Waals surface area contributed by atoms with E-state index in [-0.39, 0.29) is 0 Å². The van der Waals surface area contributed by atoms with Gasteiger partial charge in [-0.25, -0.2) is 8.78 Å². The highest BCUT2D eigenvalue weighted by molar-refractivity contribution is 5.18. The van der Waals surface area contributed by atoms with Gasteiger partial charge >= 0.3 is 0 Å². The van der Waals surface area contributed by atoms with Crippen molar-refractivity contribution in [3.63, 3.8) is 0 Å². The lowest BCUT2D eigenvalue weighted by Crippen LogP contribution is -2.31. The predicted octanol–water partition coefficient (Wildman–Crippen LogP) is 1.63. The van der Waals surface area contributed by atoms with E-state index < -0.39 is 11.6 Å². The predicted molar refractivity (Wildman–Crippen MR) is 67.4 cm³/mol. The number of benzene rings is 1. The molecule has 102 valence electrons. The third-order valence-corrected chi connectivity index (χ3v) is 2.68. The number of halogens is 2. The first kappa shape index (κ1) is 15.0. The Morgan fingerprint density at radius 3 is 2.72 bits per heavy atom. The number of hydrogen-bond acceptors (Lipinski definition) is 3. The Morgan fingerprint density at radius 1 is 1.28 bits per heavy atom. The third-order valence-electron chi connectivity index (χ3n) is 2.68. The van der Waals surface area contributed by atoms with Crippen molar-refractivity contribution >= 4 is 0 Å². The molecule has 0 bridgehead atoms. The number of nitrogens with one attached hydrogen (secondary N) is 1. The molecule has 1 aromatic carbocycles. The fourth-order valence-corrected chi connectivity index (χ4v) is 1.52. The van der Waals surface area contributed by atoms with Crippen molar-refractivity contribution in [2.45, 2.75) is 6.54 Å². The standard InChI is InChI=1S/C13H20F2N2O/c1-17(7-8-18-2)6-5-16-10-11-3-4-12(14)9-13(11)15/h3-4,9,16H,5-8,10H2,1-2H3. The van der Waals surface area contributed by atoms with Gasteiger partial charge in [-0.1, -0.05) is 6.07 Å². The summed E-state index contributed by atoms with van der Waals surface area (Å²) in [4.78, 5) is 2.12. The minimum atomic E-state index is -0.546. The van der Waals surface area contributed by atoms with Crippen LogP contribution >= 0.6 is 0 Å². The van der Waals surface area contributed by atoms with Crippen LogP contribution in [0.3, 0.4) is 0 Å². The molecule has 0 unspecified atom stereocenters. The van der Waals surface area contributed by atoms with Crippen LogP contribution in [0.25, 0.3) is 0 Å². The molecule has 0 aliphatic carbocycles. The highest BCUT2D eigenvalue weighted by Crippen LogP contribution is 2.08. The summed E-state index contributed by atoms with van der Waals surface area (Å²) >= 11 is 0. The van der Waals surface area contributed by atoms with Gasteiger partial charge in [0.2, 0.25) is 0 Å². The largest absolute Gasteiger partial charge is 0.383 e. The van der Waals surface area contributed by atoms with Crippen molar-refractivity contribution in [1.29, 1.82) is 0 Å². The summed E-state index contributed by atoms with van der Waals surface area (Å²) in [5, 5.41) is 3.12. The highest BCUT2D eigenvalue weighted by Gasteiger charge is 2.03. The average molecular weight is 258 g/mol. The quantitative estimate of drug-likeness (QED) is 0.717. The summed E-state index contributed by atoms with van der Waals surface area (Å²) in [5.41, 5.74) is 0.482. The fourth-order valence-electron chi connectivity index (χ4n) is 1.52. The molecule has 0 atom stereocenters. The van der Waals surface area contributed by atoms with Gasteiger partial charge in [0.05, 0.1) is 6.61 Å². The second-order valence-corrected chi connectivity index (χ2v) is 4.21. The molecule has 0 amide bonds. The van der Waals surface area contributed by atoms with E-state index in [2.05, 4.69) is 10.2 Å². The summed E-state index contributed by atoms with van der Waals surface area (Å²) in [6.45, 7) is 3.57. The Morgan fingerprint density at radius 2 is 2.06 bits per heavy atom. The monoisotopic (exact) mass is 258 g/mol. The lowest BCUT2D eigenvalue weighted by molar-refractivity contribution is 0.161. The number of nitrogens with zero attached hydrogens (tertiary/aromatic N) is 1. The fraction of sp³-hybridized carbons (Fsp3) is 0.538. The molecule has 1 rings (SSSR count). The molecule has 1 N–H and O–H groups in total. The van der Waals surface area contributed by atoms with Gasteiger partial charge in [-0.15, -0.1) is 0 Å². The van der Waals surface area contributed by atoms with E-state index >= 15 is 0 Å². The first-order valence-electron chi connectivity index (χ1n) is 5.95. The van der Waals surface area contributed by atoms with E-state index in [9.17, 15) is 8.78 Å². The molecule has 5 heteroatoms. The zero-order chi connectivity index (χ0) is 13.4. The van der Waals surface area contributed by atoms with Gasteiger partial charge < -0.3 is 15.0 Å². The molecule has 0 heterocycles. The second-order valence-electron chi connectivity index (χ2n) is 4.21. The molecule has 1 aromatic rings. The van der Waals surface area contributed by atoms with Gasteiger partial charge in [0.1, 0.15) is 11.6 Å². The van der Waals surface area contributed by atoms with Crippen LogP contribution in [0.2, 0.25) is 0 Å². The number of rotatable bonds is 8. The van der Waals surface area contributed by atoms with Gasteiger partial charge in [0, 0.05) is 44.9 Å². The molecule has 0 radical (unpaired) electrons. The average Bonchev–Trinajstić information content (AvgIpc) is 2.34. The smallest absolute Gasteiger partial charge is 0.130 e. The van der Waals surface area contributed by atoms with Gasteiger partial charge in [0.25, 0.3) is 0 Å². The topological polar surface area (TPSA) is 24.5 Å². The minimum absolute atomic E-state index is 0.407. The molecule has 0 aliphatic heterocycles. The molecule has 3 nitrogen and oxygen atoms in total. The van der Waals surface area contributed by atoms with E-state index in [0.29, 0.717) is 18.7 Å². The van der Waals surface area contributed by atoms with Crippen LogP contribution in [0.1, 0.15) is 5.56 Å². The molecular formula is C13H20F2N2O. The van der Waals surface area contributed by atoms with E-state index in [1.54, 1.807) is 7.11 Å². The Kier molecular flexibility index (Phi) is 6.78. The molecule has 0 saturated heterocycles. The van der Waals surface area contributed by atoms with Crippen molar-refractivity contribution in [2.24, 2.45) is 0 Å². The minimum Gasteiger partial charge on any atom is -0.383 e. The number of methoxy groups -OCH3 is 1. The molecule has 0 fully saturated rings. The Hall–Kier alpha value is -1.04. The molecule has 0 aromatic heterocycles. The number of hydrogen-bond donors (Lipinski definition) is 1. The highest BCUT2D eigenvalue weighted by atomic mass is 19.1. The Balaban J connectivity index is 2.21. The molecular weight excluding hydrogens is 238 g/mol. The molecule has 0 spiro atoms. The maximum Gasteiger partial charge on any atom is 0.130 e. The van der Waals surface area contributed by atoms with E-state index in [0.717, 1.165) is 25.7 Å². The van der Waals surface area contributed by atoms with Crippen LogP contribution < -0.4 is 5.32 Å². The second kappa shape index (κ2) is 8.13. The first-order chi connectivity index (χ1) is 8.63. The van der Waals surface area contributed by atoms with Crippen molar-refractivity contribution < 1.29 is 13.5 Å². The molecule has 18 heavy (non-hydrogen) atoms. The summed E-state index contributed by atoms with van der Waals surface area (Å²) in [7, 11) is 3.67. The van der Waals surface area contributed by atoms with Crippen LogP contribution in [0.15, 0.2) is 18.2 Å². The van der Waals surface area contributed by atoms with Crippen LogP contribution in [0, 0.1) is 11.6 Å². The lowest BCUT2D eigenvalue weighted by atomic mass is 10.2. The van der Waals surface area contributed by atoms with E-state index in [4.69, 9.17) is 4.74 Å². The van der Waals surface area contributed by atoms with Gasteiger partial charge in [0.15, 0.2) is 0 Å². The summed E-state index contributed by atoms with van der Waals surface area (Å²) in [6.07, 6.45) is 0. The van der Waals surface area contributed by atoms with Gasteiger partial charge in [-0.3, -0.25) is 0 Å². The molecule has 0 saturated carbocycles. The summed E-state index contributed by atoms with van der Waals surface area (Å²) in [6, 6.07) is 3.64. The number of likely N-dealkylation sites (N-methyl/N-ethyl adjacent to an activating group) is 1. The normalized spacial score (nSPS) is 11.2. The third kappa shape index (κ3) is 5.53. The lowest BCUT2D eigenvalue weighted by Gasteiger charge is -2.16. The SMILES string of the molecule is COCCN(C)CCNCc1ccc(F)cc1F. The maximum atomic E-state index is 13.3. The van der Waals surface area contributed by atoms with E-state index in [1.165, 1.54) is 12.1 Å². The van der Waals surface area contributed by atoms with Gasteiger partial charge in [-0.2, -0.15) is 0 Å². The Labute approximate surface area is 107 Å². The maximum absolute atomic E-state index is 13.3. The van der Waals surface area contributed by atoms with E-state index in [1.807, 2.05) is 7.05 Å². The van der Waals surface area contributed by atoms with Crippen LogP contribution in [0.4, 0.5) is 8.78 Å². The zero-order valence-corrected chi connectivity index (χ0v) is 10.9. The summed E-state index contributed by atoms with van der Waals surface area (Å²) < 4.78 is 30.9. The van der Waals surface area contributed by atoms with Crippen molar-refractivity contribution in [3.05, 3.63) is 35.4 Å². The van der Waals surface area contributed by atoms with Crippen LogP contribution in [-0.2, 0) is 11.3 Å². The Bertz CT molecular complexity index is 361. The van der Waals surface area contributed by atoms with Crippen molar-refractivity contribution in [2.75, 3.05) is 40.4 Å². The van der Waals surface area contributed by atoms with Crippen LogP contribution in [-0.4, -0.2) is 45.3 Å². The summed E-state index contributed by atoms with van der Waals surface area (Å²) in [5.74, 6) is -1.05. The molecule has 0 aliphatic rings. The van der Waals surface area contributed by atoms with Crippen molar-refractivity contribution in [3.8, 4) is 0 Å². The first-order valence-corrected chi connectivity index (χ1v) is 5.95. The number of ether oxygens (including phenoxy) is 1. The van der Waals surface area contributed by atoms with Crippen molar-refractivity contribution in [1.82, 2.24) is 10.2 Å². The zero-order valence-electron chi connectivity index (χ0n) is 10.9.